The summed E-state index contributed by atoms with van der Waals surface area (Å²) in [6.07, 6.45) is 8.19. The quantitative estimate of drug-likeness (QED) is 0.796. The van der Waals surface area contributed by atoms with E-state index in [1.54, 1.807) is 0 Å². The van der Waals surface area contributed by atoms with Crippen LogP contribution in [0.1, 0.15) is 16.8 Å². The molecule has 0 atom stereocenters. The molecule has 1 N–H and O–H groups in total. The Kier molecular flexibility index (Phi) is 3.23. The molecule has 0 aliphatic heterocycles. The Balaban J connectivity index is 1.75. The fraction of sp³-hybridized carbons (Fsp3) is 0.118. The van der Waals surface area contributed by atoms with Crippen molar-refractivity contribution in [1.29, 1.82) is 0 Å². The highest BCUT2D eigenvalue weighted by atomic mass is 16.5. The predicted molar refractivity (Wildman–Crippen MR) is 77.1 cm³/mol. The number of allylic oxidation sites excluding steroid dienone is 3. The van der Waals surface area contributed by atoms with Crippen LogP contribution in [0.4, 0.5) is 0 Å². The average molecular weight is 250 g/mol. The van der Waals surface area contributed by atoms with E-state index in [1.165, 1.54) is 16.7 Å². The molecule has 19 heavy (non-hydrogen) atoms. The van der Waals surface area contributed by atoms with Gasteiger partial charge in [-0.05, 0) is 35.8 Å². The summed E-state index contributed by atoms with van der Waals surface area (Å²) in [7, 11) is 0. The van der Waals surface area contributed by atoms with Gasteiger partial charge >= 0.3 is 0 Å². The molecular formula is C17H16NO. The van der Waals surface area contributed by atoms with Crippen molar-refractivity contribution in [1.82, 2.24) is 4.98 Å². The van der Waals surface area contributed by atoms with E-state index in [0.717, 1.165) is 11.5 Å². The van der Waals surface area contributed by atoms with Crippen molar-refractivity contribution in [2.24, 2.45) is 0 Å². The summed E-state index contributed by atoms with van der Waals surface area (Å²) in [5, 5.41) is 0. The van der Waals surface area contributed by atoms with Crippen molar-refractivity contribution in [3.05, 3.63) is 83.6 Å². The van der Waals surface area contributed by atoms with Gasteiger partial charge in [0.25, 0.3) is 0 Å². The molecule has 1 radical (unpaired) electrons. The Morgan fingerprint density at radius 1 is 1.26 bits per heavy atom. The van der Waals surface area contributed by atoms with Gasteiger partial charge < -0.3 is 9.72 Å². The zero-order valence-corrected chi connectivity index (χ0v) is 10.9. The summed E-state index contributed by atoms with van der Waals surface area (Å²) in [6, 6.07) is 12.3. The first-order chi connectivity index (χ1) is 9.31. The number of ether oxygens (including phenoxy) is 1. The van der Waals surface area contributed by atoms with Crippen molar-refractivity contribution in [3.63, 3.8) is 0 Å². The molecule has 1 aliphatic rings. The Bertz CT molecular complexity index is 620. The van der Waals surface area contributed by atoms with Gasteiger partial charge in [-0.1, -0.05) is 36.4 Å². The number of rotatable bonds is 5. The number of aromatic nitrogens is 1. The molecule has 0 saturated heterocycles. The van der Waals surface area contributed by atoms with E-state index in [0.29, 0.717) is 6.61 Å². The van der Waals surface area contributed by atoms with Gasteiger partial charge in [-0.2, -0.15) is 0 Å². The Labute approximate surface area is 113 Å². The van der Waals surface area contributed by atoms with Gasteiger partial charge in [-0.3, -0.25) is 0 Å². The summed E-state index contributed by atoms with van der Waals surface area (Å²) in [4.78, 5) is 3.24. The van der Waals surface area contributed by atoms with E-state index < -0.39 is 0 Å². The van der Waals surface area contributed by atoms with Gasteiger partial charge in [0.15, 0.2) is 0 Å². The number of aryl methyl sites for hydroxylation is 1. The van der Waals surface area contributed by atoms with Gasteiger partial charge in [-0.25, -0.2) is 0 Å². The topological polar surface area (TPSA) is 25.0 Å². The molecule has 0 fully saturated rings. The Hall–Kier alpha value is -2.22. The standard InChI is InChI=1S/C17H16NO/c1-13-9-16(18-11-13)17(10-14-7-8-14)19-12-15-5-3-2-4-6-15/h2-11,18H,12H2,1H3/b17-10-. The Morgan fingerprint density at radius 3 is 2.68 bits per heavy atom. The molecule has 3 rings (SSSR count). The lowest BCUT2D eigenvalue weighted by molar-refractivity contribution is 0.263. The minimum absolute atomic E-state index is 0.581. The van der Waals surface area contributed by atoms with E-state index in [4.69, 9.17) is 4.74 Å². The lowest BCUT2D eigenvalue weighted by Crippen LogP contribution is -1.94. The monoisotopic (exact) mass is 250 g/mol. The number of hydrogen-bond donors (Lipinski definition) is 1. The summed E-state index contributed by atoms with van der Waals surface area (Å²) in [5.41, 5.74) is 4.62. The fourth-order valence-electron chi connectivity index (χ4n) is 1.87. The van der Waals surface area contributed by atoms with Crippen molar-refractivity contribution in [3.8, 4) is 0 Å². The zero-order valence-electron chi connectivity index (χ0n) is 10.9. The lowest BCUT2D eigenvalue weighted by atomic mass is 10.2. The molecule has 0 spiro atoms. The molecule has 1 heterocycles. The van der Waals surface area contributed by atoms with Gasteiger partial charge in [0.2, 0.25) is 0 Å². The minimum Gasteiger partial charge on any atom is -0.487 e. The molecule has 1 aromatic carbocycles. The highest BCUT2D eigenvalue weighted by molar-refractivity contribution is 5.65. The number of aromatic amines is 1. The van der Waals surface area contributed by atoms with Gasteiger partial charge in [0.1, 0.15) is 12.4 Å². The van der Waals surface area contributed by atoms with Crippen LogP contribution in [0.3, 0.4) is 0 Å². The second kappa shape index (κ2) is 5.19. The van der Waals surface area contributed by atoms with Crippen LogP contribution < -0.4 is 0 Å². The maximum atomic E-state index is 5.95. The molecule has 95 valence electrons. The van der Waals surface area contributed by atoms with Crippen LogP contribution in [0.2, 0.25) is 0 Å². The average Bonchev–Trinajstić information content (AvgIpc) is 3.16. The van der Waals surface area contributed by atoms with Crippen molar-refractivity contribution >= 4 is 5.76 Å². The molecule has 1 aliphatic carbocycles. The third kappa shape index (κ3) is 3.16. The molecule has 0 unspecified atom stereocenters. The third-order valence-corrected chi connectivity index (χ3v) is 2.99. The SMILES string of the molecule is Cc1c[nH]c(/C(=C/C2=C[CH]2)OCc2ccccc2)c1. The van der Waals surface area contributed by atoms with E-state index >= 15 is 0 Å². The van der Waals surface area contributed by atoms with Crippen LogP contribution >= 0.6 is 0 Å². The summed E-state index contributed by atoms with van der Waals surface area (Å²) >= 11 is 0. The molecule has 2 nitrogen and oxygen atoms in total. The van der Waals surface area contributed by atoms with Crippen LogP contribution in [0.5, 0.6) is 0 Å². The molecule has 0 saturated carbocycles. The highest BCUT2D eigenvalue weighted by Gasteiger charge is 2.11. The Morgan fingerprint density at radius 2 is 2.05 bits per heavy atom. The molecule has 0 bridgehead atoms. The molecule has 2 aromatic rings. The van der Waals surface area contributed by atoms with Gasteiger partial charge in [-0.15, -0.1) is 0 Å². The number of hydrogen-bond acceptors (Lipinski definition) is 1. The maximum Gasteiger partial charge on any atom is 0.143 e. The predicted octanol–water partition coefficient (Wildman–Crippen LogP) is 4.03. The van der Waals surface area contributed by atoms with Gasteiger partial charge in [0.05, 0.1) is 5.69 Å². The summed E-state index contributed by atoms with van der Waals surface area (Å²) in [6.45, 7) is 2.65. The highest BCUT2D eigenvalue weighted by Crippen LogP contribution is 2.26. The lowest BCUT2D eigenvalue weighted by Gasteiger charge is -2.09. The minimum atomic E-state index is 0.581. The zero-order chi connectivity index (χ0) is 13.1. The van der Waals surface area contributed by atoms with Crippen LogP contribution in [0, 0.1) is 13.3 Å². The molecule has 0 amide bonds. The maximum absolute atomic E-state index is 5.95. The third-order valence-electron chi connectivity index (χ3n) is 2.99. The molecule has 2 heteroatoms. The van der Waals surface area contributed by atoms with Gasteiger partial charge in [0, 0.05) is 12.6 Å². The first-order valence-corrected chi connectivity index (χ1v) is 6.40. The van der Waals surface area contributed by atoms with Crippen LogP contribution in [0.25, 0.3) is 5.76 Å². The van der Waals surface area contributed by atoms with Crippen molar-refractivity contribution < 1.29 is 4.74 Å². The van der Waals surface area contributed by atoms with E-state index in [2.05, 4.69) is 48.7 Å². The second-order valence-electron chi connectivity index (χ2n) is 4.71. The smallest absolute Gasteiger partial charge is 0.143 e. The van der Waals surface area contributed by atoms with E-state index in [9.17, 15) is 0 Å². The van der Waals surface area contributed by atoms with Crippen LogP contribution in [-0.4, -0.2) is 4.98 Å². The number of nitrogens with one attached hydrogen (secondary N) is 1. The van der Waals surface area contributed by atoms with Crippen molar-refractivity contribution in [2.75, 3.05) is 0 Å². The fourth-order valence-corrected chi connectivity index (χ4v) is 1.87. The van der Waals surface area contributed by atoms with E-state index in [-0.39, 0.29) is 0 Å². The molecule has 1 aromatic heterocycles. The van der Waals surface area contributed by atoms with Crippen molar-refractivity contribution in [2.45, 2.75) is 13.5 Å². The summed E-state index contributed by atoms with van der Waals surface area (Å²) in [5.74, 6) is 0.886. The van der Waals surface area contributed by atoms with Crippen LogP contribution in [-0.2, 0) is 11.3 Å². The number of H-pyrrole nitrogens is 1. The first-order valence-electron chi connectivity index (χ1n) is 6.40. The summed E-state index contributed by atoms with van der Waals surface area (Å²) < 4.78 is 5.95. The number of benzene rings is 1. The first kappa shape index (κ1) is 11.8. The largest absolute Gasteiger partial charge is 0.487 e. The molecular weight excluding hydrogens is 234 g/mol. The van der Waals surface area contributed by atoms with Crippen LogP contribution in [0.15, 0.2) is 60.3 Å². The normalized spacial score (nSPS) is 14.2. The second-order valence-corrected chi connectivity index (χ2v) is 4.71. The van der Waals surface area contributed by atoms with E-state index in [1.807, 2.05) is 24.4 Å².